The van der Waals surface area contributed by atoms with Gasteiger partial charge in [0.05, 0.1) is 17.0 Å². The lowest BCUT2D eigenvalue weighted by Gasteiger charge is -2.33. The van der Waals surface area contributed by atoms with Crippen LogP contribution in [0.15, 0.2) is 23.1 Å². The molecule has 1 aliphatic carbocycles. The summed E-state index contributed by atoms with van der Waals surface area (Å²) in [6.07, 6.45) is 2.92. The van der Waals surface area contributed by atoms with Gasteiger partial charge in [-0.15, -0.1) is 11.3 Å². The molecule has 0 spiro atoms. The molecule has 33 heavy (non-hydrogen) atoms. The van der Waals surface area contributed by atoms with Gasteiger partial charge in [-0.05, 0) is 61.8 Å². The number of aryl methyl sites for hydroxylation is 2. The van der Waals surface area contributed by atoms with E-state index in [1.807, 2.05) is 30.9 Å². The predicted molar refractivity (Wildman–Crippen MR) is 130 cm³/mol. The van der Waals surface area contributed by atoms with E-state index in [1.165, 1.54) is 20.5 Å². The lowest BCUT2D eigenvalue weighted by Crippen LogP contribution is -2.50. The van der Waals surface area contributed by atoms with Crippen LogP contribution in [0.4, 0.5) is 5.00 Å². The maximum atomic E-state index is 13.1. The van der Waals surface area contributed by atoms with Crippen LogP contribution in [0.5, 0.6) is 0 Å². The van der Waals surface area contributed by atoms with E-state index in [1.54, 1.807) is 6.07 Å². The number of carbonyl (C=O) groups is 1. The first kappa shape index (κ1) is 23.9. The van der Waals surface area contributed by atoms with E-state index < -0.39 is 10.0 Å². The third-order valence-electron chi connectivity index (χ3n) is 6.54. The number of anilines is 1. The Kier molecular flexibility index (Phi) is 6.91. The highest BCUT2D eigenvalue weighted by molar-refractivity contribution is 7.89. The van der Waals surface area contributed by atoms with Crippen molar-refractivity contribution >= 4 is 32.3 Å². The van der Waals surface area contributed by atoms with E-state index in [0.717, 1.165) is 36.0 Å². The molecular weight excluding hydrogens is 456 g/mol. The molecule has 9 heteroatoms. The summed E-state index contributed by atoms with van der Waals surface area (Å²) in [4.78, 5) is 16.3. The monoisotopic (exact) mass is 486 g/mol. The SMILES string of the molecule is Cc1ccc(C)c(S(=O)(=O)N2CCN(CC(=O)Nc3sc4c(c3C#N)CCC(C)C4)CC2)c1. The van der Waals surface area contributed by atoms with Crippen molar-refractivity contribution in [1.29, 1.82) is 5.26 Å². The third-order valence-corrected chi connectivity index (χ3v) is 9.75. The van der Waals surface area contributed by atoms with Crippen LogP contribution in [-0.4, -0.2) is 56.3 Å². The van der Waals surface area contributed by atoms with E-state index in [4.69, 9.17) is 0 Å². The van der Waals surface area contributed by atoms with Crippen molar-refractivity contribution in [2.24, 2.45) is 5.92 Å². The number of hydrogen-bond donors (Lipinski definition) is 1. The topological polar surface area (TPSA) is 93.5 Å². The highest BCUT2D eigenvalue weighted by Gasteiger charge is 2.31. The Morgan fingerprint density at radius 2 is 1.97 bits per heavy atom. The van der Waals surface area contributed by atoms with Crippen LogP contribution in [0.2, 0.25) is 0 Å². The Balaban J connectivity index is 1.37. The summed E-state index contributed by atoms with van der Waals surface area (Å²) >= 11 is 1.52. The van der Waals surface area contributed by atoms with E-state index in [-0.39, 0.29) is 12.5 Å². The average molecular weight is 487 g/mol. The van der Waals surface area contributed by atoms with Crippen LogP contribution in [-0.2, 0) is 27.7 Å². The average Bonchev–Trinajstić information content (AvgIpc) is 3.11. The Hall–Kier alpha value is -2.25. The number of carbonyl (C=O) groups excluding carboxylic acids is 1. The molecular formula is C24H30N4O3S2. The van der Waals surface area contributed by atoms with Gasteiger partial charge < -0.3 is 5.32 Å². The normalized spacial score (nSPS) is 19.6. The molecule has 1 saturated heterocycles. The number of nitrogens with zero attached hydrogens (tertiary/aromatic N) is 3. The number of amides is 1. The molecule has 1 aromatic heterocycles. The highest BCUT2D eigenvalue weighted by Crippen LogP contribution is 2.39. The van der Waals surface area contributed by atoms with E-state index >= 15 is 0 Å². The molecule has 0 bridgehead atoms. The van der Waals surface area contributed by atoms with Gasteiger partial charge in [0, 0.05) is 31.1 Å². The van der Waals surface area contributed by atoms with Gasteiger partial charge in [0.1, 0.15) is 11.1 Å². The summed E-state index contributed by atoms with van der Waals surface area (Å²) in [6.45, 7) is 7.76. The Morgan fingerprint density at radius 3 is 2.67 bits per heavy atom. The van der Waals surface area contributed by atoms with Crippen molar-refractivity contribution in [1.82, 2.24) is 9.21 Å². The van der Waals surface area contributed by atoms with Crippen molar-refractivity contribution in [2.75, 3.05) is 38.0 Å². The highest BCUT2D eigenvalue weighted by atomic mass is 32.2. The van der Waals surface area contributed by atoms with Crippen LogP contribution < -0.4 is 5.32 Å². The molecule has 1 atom stereocenters. The van der Waals surface area contributed by atoms with Crippen LogP contribution >= 0.6 is 11.3 Å². The molecule has 1 N–H and O–H groups in total. The molecule has 1 fully saturated rings. The zero-order valence-electron chi connectivity index (χ0n) is 19.3. The largest absolute Gasteiger partial charge is 0.315 e. The Morgan fingerprint density at radius 1 is 1.24 bits per heavy atom. The van der Waals surface area contributed by atoms with Gasteiger partial charge in [-0.3, -0.25) is 9.69 Å². The maximum Gasteiger partial charge on any atom is 0.243 e. The third kappa shape index (κ3) is 4.99. The van der Waals surface area contributed by atoms with Crippen molar-refractivity contribution in [2.45, 2.75) is 44.9 Å². The van der Waals surface area contributed by atoms with Crippen LogP contribution in [0.3, 0.4) is 0 Å². The number of piperazine rings is 1. The molecule has 1 aliphatic heterocycles. The van der Waals surface area contributed by atoms with Gasteiger partial charge in [-0.2, -0.15) is 9.57 Å². The number of fused-ring (bicyclic) bond motifs is 1. The van der Waals surface area contributed by atoms with E-state index in [9.17, 15) is 18.5 Å². The summed E-state index contributed by atoms with van der Waals surface area (Å²) in [5.41, 5.74) is 3.36. The van der Waals surface area contributed by atoms with Gasteiger partial charge >= 0.3 is 0 Å². The minimum atomic E-state index is -3.56. The van der Waals surface area contributed by atoms with Gasteiger partial charge in [-0.1, -0.05) is 19.1 Å². The van der Waals surface area contributed by atoms with Crippen molar-refractivity contribution < 1.29 is 13.2 Å². The first-order chi connectivity index (χ1) is 15.7. The summed E-state index contributed by atoms with van der Waals surface area (Å²) in [7, 11) is -3.56. The van der Waals surface area contributed by atoms with Gasteiger partial charge in [-0.25, -0.2) is 8.42 Å². The second-order valence-electron chi connectivity index (χ2n) is 9.17. The second kappa shape index (κ2) is 9.55. The predicted octanol–water partition coefficient (Wildman–Crippen LogP) is 3.31. The molecule has 1 amide bonds. The van der Waals surface area contributed by atoms with Gasteiger partial charge in [0.2, 0.25) is 15.9 Å². The zero-order valence-corrected chi connectivity index (χ0v) is 21.0. The molecule has 2 aromatic rings. The lowest BCUT2D eigenvalue weighted by molar-refractivity contribution is -0.117. The molecule has 1 aromatic carbocycles. The summed E-state index contributed by atoms with van der Waals surface area (Å²) < 4.78 is 27.7. The fourth-order valence-corrected chi connectivity index (χ4v) is 7.69. The molecule has 0 saturated carbocycles. The zero-order chi connectivity index (χ0) is 23.8. The number of nitrogens with one attached hydrogen (secondary N) is 1. The van der Waals surface area contributed by atoms with Crippen LogP contribution in [0, 0.1) is 31.1 Å². The summed E-state index contributed by atoms with van der Waals surface area (Å²) in [5.74, 6) is 0.436. The first-order valence-electron chi connectivity index (χ1n) is 11.3. The van der Waals surface area contributed by atoms with Gasteiger partial charge in [0.15, 0.2) is 0 Å². The summed E-state index contributed by atoms with van der Waals surface area (Å²) in [6, 6.07) is 7.75. The van der Waals surface area contributed by atoms with E-state index in [2.05, 4.69) is 18.3 Å². The van der Waals surface area contributed by atoms with Crippen molar-refractivity contribution in [3.63, 3.8) is 0 Å². The first-order valence-corrected chi connectivity index (χ1v) is 13.6. The fraction of sp³-hybridized carbons (Fsp3) is 0.500. The molecule has 176 valence electrons. The maximum absolute atomic E-state index is 13.1. The van der Waals surface area contributed by atoms with Crippen molar-refractivity contribution in [3.05, 3.63) is 45.3 Å². The molecule has 4 rings (SSSR count). The molecule has 2 heterocycles. The number of thiophene rings is 1. The Bertz CT molecular complexity index is 1210. The molecule has 0 radical (unpaired) electrons. The lowest BCUT2D eigenvalue weighted by atomic mass is 9.89. The molecule has 7 nitrogen and oxygen atoms in total. The number of hydrogen-bond acceptors (Lipinski definition) is 6. The number of sulfonamides is 1. The van der Waals surface area contributed by atoms with Gasteiger partial charge in [0.25, 0.3) is 0 Å². The fourth-order valence-electron chi connectivity index (χ4n) is 4.58. The standard InChI is InChI=1S/C24H30N4O3S2/c1-16-5-7-19-20(14-25)24(32-21(19)12-16)26-23(29)15-27-8-10-28(11-9-27)33(30,31)22-13-17(2)4-6-18(22)3/h4,6,13,16H,5,7-12,15H2,1-3H3,(H,26,29). The molecule has 1 unspecified atom stereocenters. The number of nitriles is 1. The molecule has 2 aliphatic rings. The number of rotatable bonds is 5. The minimum Gasteiger partial charge on any atom is -0.315 e. The van der Waals surface area contributed by atoms with Crippen LogP contribution in [0.25, 0.3) is 0 Å². The Labute approximate surface area is 200 Å². The number of benzene rings is 1. The van der Waals surface area contributed by atoms with Crippen LogP contribution in [0.1, 0.15) is 40.5 Å². The van der Waals surface area contributed by atoms with Crippen molar-refractivity contribution in [3.8, 4) is 6.07 Å². The summed E-state index contributed by atoms with van der Waals surface area (Å²) in [5, 5.41) is 13.2. The quantitative estimate of drug-likeness (QED) is 0.700. The smallest absolute Gasteiger partial charge is 0.243 e. The minimum absolute atomic E-state index is 0.163. The van der Waals surface area contributed by atoms with E-state index in [0.29, 0.717) is 47.6 Å². The second-order valence-corrected chi connectivity index (χ2v) is 12.2.